The summed E-state index contributed by atoms with van der Waals surface area (Å²) in [5.74, 6) is 0. The Morgan fingerprint density at radius 1 is 1.18 bits per heavy atom. The lowest BCUT2D eigenvalue weighted by atomic mass is 9.80. The Bertz CT molecular complexity index is 486. The minimum atomic E-state index is -0.268. The van der Waals surface area contributed by atoms with Gasteiger partial charge in [0.1, 0.15) is 0 Å². The van der Waals surface area contributed by atoms with Gasteiger partial charge in [0.25, 0.3) is 5.69 Å². The molecule has 1 fully saturated rings. The summed E-state index contributed by atoms with van der Waals surface area (Å²) in [6.45, 7) is 10.2. The third-order valence-corrected chi connectivity index (χ3v) is 3.77. The van der Waals surface area contributed by atoms with E-state index >= 15 is 0 Å². The molecular formula is C15H25Cl2N3O2. The molecule has 126 valence electrons. The van der Waals surface area contributed by atoms with Gasteiger partial charge in [-0.15, -0.1) is 24.8 Å². The van der Waals surface area contributed by atoms with E-state index in [2.05, 4.69) is 31.0 Å². The van der Waals surface area contributed by atoms with Gasteiger partial charge < -0.3 is 5.32 Å². The second kappa shape index (κ2) is 8.67. The van der Waals surface area contributed by atoms with Crippen LogP contribution >= 0.6 is 24.8 Å². The fraction of sp³-hybridized carbons (Fsp3) is 0.600. The van der Waals surface area contributed by atoms with Crippen molar-refractivity contribution < 1.29 is 4.92 Å². The lowest BCUT2D eigenvalue weighted by Gasteiger charge is -2.42. The van der Waals surface area contributed by atoms with Crippen molar-refractivity contribution in [3.63, 3.8) is 0 Å². The van der Waals surface area contributed by atoms with Crippen LogP contribution in [0.3, 0.4) is 0 Å². The predicted molar refractivity (Wildman–Crippen MR) is 94.2 cm³/mol. The van der Waals surface area contributed by atoms with E-state index in [-0.39, 0.29) is 46.9 Å². The molecule has 1 aliphatic heterocycles. The topological polar surface area (TPSA) is 58.4 Å². The summed E-state index contributed by atoms with van der Waals surface area (Å²) in [6.07, 6.45) is 0. The molecule has 0 spiro atoms. The monoisotopic (exact) mass is 349 g/mol. The molecule has 1 aromatic carbocycles. The smallest absolute Gasteiger partial charge is 0.274 e. The van der Waals surface area contributed by atoms with Gasteiger partial charge in [-0.1, -0.05) is 39.0 Å². The van der Waals surface area contributed by atoms with Crippen LogP contribution in [0.4, 0.5) is 5.69 Å². The van der Waals surface area contributed by atoms with E-state index in [0.29, 0.717) is 0 Å². The summed E-state index contributed by atoms with van der Waals surface area (Å²) < 4.78 is 0. The predicted octanol–water partition coefficient (Wildman–Crippen LogP) is 3.43. The molecule has 0 aromatic heterocycles. The maximum Gasteiger partial charge on any atom is 0.274 e. The molecule has 7 heteroatoms. The van der Waals surface area contributed by atoms with E-state index in [4.69, 9.17) is 0 Å². The molecule has 1 aliphatic rings. The van der Waals surface area contributed by atoms with Crippen LogP contribution < -0.4 is 5.32 Å². The first-order valence-corrected chi connectivity index (χ1v) is 7.09. The second-order valence-electron chi connectivity index (χ2n) is 6.37. The van der Waals surface area contributed by atoms with Gasteiger partial charge in [0.2, 0.25) is 0 Å². The van der Waals surface area contributed by atoms with E-state index < -0.39 is 0 Å². The summed E-state index contributed by atoms with van der Waals surface area (Å²) in [5.41, 5.74) is 1.00. The number of hydrogen-bond acceptors (Lipinski definition) is 4. The van der Waals surface area contributed by atoms with Crippen molar-refractivity contribution in [3.05, 3.63) is 39.9 Å². The third kappa shape index (κ3) is 4.81. The van der Waals surface area contributed by atoms with Crippen LogP contribution in [-0.2, 0) is 0 Å². The lowest BCUT2D eigenvalue weighted by Crippen LogP contribution is -2.48. The van der Waals surface area contributed by atoms with Crippen LogP contribution in [0.2, 0.25) is 0 Å². The van der Waals surface area contributed by atoms with Crippen molar-refractivity contribution in [2.45, 2.75) is 26.8 Å². The summed E-state index contributed by atoms with van der Waals surface area (Å²) >= 11 is 0. The van der Waals surface area contributed by atoms with Crippen molar-refractivity contribution in [3.8, 4) is 0 Å². The van der Waals surface area contributed by atoms with E-state index in [1.807, 2.05) is 12.1 Å². The van der Waals surface area contributed by atoms with Crippen molar-refractivity contribution in [2.24, 2.45) is 5.41 Å². The minimum Gasteiger partial charge on any atom is -0.314 e. The van der Waals surface area contributed by atoms with Crippen molar-refractivity contribution in [1.29, 1.82) is 0 Å². The first-order chi connectivity index (χ1) is 9.41. The standard InChI is InChI=1S/C15H23N3O2.2ClH/c1-15(2,3)14(17-10-8-16-9-11-17)12-6-4-5-7-13(12)18(19)20;;/h4-7,14,16H,8-11H2,1-3H3;2*1H/t14-;;/m1../s1. The maximum absolute atomic E-state index is 11.3. The minimum absolute atomic E-state index is 0. The Balaban J connectivity index is 0.00000220. The Labute approximate surface area is 144 Å². The molecule has 0 amide bonds. The first kappa shape index (κ1) is 21.1. The number of nitrogens with one attached hydrogen (secondary N) is 1. The van der Waals surface area contributed by atoms with Crippen LogP contribution in [0.1, 0.15) is 32.4 Å². The van der Waals surface area contributed by atoms with E-state index in [9.17, 15) is 10.1 Å². The number of hydrogen-bond donors (Lipinski definition) is 1. The number of para-hydroxylation sites is 1. The molecule has 5 nitrogen and oxygen atoms in total. The first-order valence-electron chi connectivity index (χ1n) is 7.09. The molecule has 2 rings (SSSR count). The molecule has 1 saturated heterocycles. The van der Waals surface area contributed by atoms with Gasteiger partial charge in [-0.05, 0) is 5.41 Å². The highest BCUT2D eigenvalue weighted by Crippen LogP contribution is 2.41. The zero-order valence-corrected chi connectivity index (χ0v) is 14.9. The summed E-state index contributed by atoms with van der Waals surface area (Å²) in [7, 11) is 0. The van der Waals surface area contributed by atoms with Crippen molar-refractivity contribution in [2.75, 3.05) is 26.2 Å². The highest BCUT2D eigenvalue weighted by atomic mass is 35.5. The van der Waals surface area contributed by atoms with Gasteiger partial charge in [0.15, 0.2) is 0 Å². The molecule has 0 saturated carbocycles. The quantitative estimate of drug-likeness (QED) is 0.670. The third-order valence-electron chi connectivity index (χ3n) is 3.77. The van der Waals surface area contributed by atoms with Crippen LogP contribution in [0.15, 0.2) is 24.3 Å². The van der Waals surface area contributed by atoms with Gasteiger partial charge in [-0.3, -0.25) is 15.0 Å². The SMILES string of the molecule is CC(C)(C)[C@@H](c1ccccc1[N+](=O)[O-])N1CCNCC1.Cl.Cl. The Morgan fingerprint density at radius 2 is 1.73 bits per heavy atom. The molecule has 1 heterocycles. The number of nitro groups is 1. The fourth-order valence-electron chi connectivity index (χ4n) is 3.04. The summed E-state index contributed by atoms with van der Waals surface area (Å²) in [4.78, 5) is 13.4. The molecular weight excluding hydrogens is 325 g/mol. The number of benzene rings is 1. The zero-order valence-electron chi connectivity index (χ0n) is 13.2. The van der Waals surface area contributed by atoms with Gasteiger partial charge in [-0.2, -0.15) is 0 Å². The number of rotatable bonds is 3. The summed E-state index contributed by atoms with van der Waals surface area (Å²) in [6, 6.07) is 7.19. The number of halogens is 2. The number of piperazine rings is 1. The van der Waals surface area contributed by atoms with Gasteiger partial charge in [-0.25, -0.2) is 0 Å². The highest BCUT2D eigenvalue weighted by Gasteiger charge is 2.36. The Morgan fingerprint density at radius 3 is 2.23 bits per heavy atom. The molecule has 0 radical (unpaired) electrons. The number of nitrogens with zero attached hydrogens (tertiary/aromatic N) is 2. The highest BCUT2D eigenvalue weighted by molar-refractivity contribution is 5.85. The average Bonchev–Trinajstić information content (AvgIpc) is 2.39. The largest absolute Gasteiger partial charge is 0.314 e. The van der Waals surface area contributed by atoms with E-state index in [0.717, 1.165) is 31.7 Å². The number of nitro benzene ring substituents is 1. The Kier molecular flexibility index (Phi) is 8.33. The van der Waals surface area contributed by atoms with Gasteiger partial charge in [0, 0.05) is 43.9 Å². The van der Waals surface area contributed by atoms with Crippen LogP contribution in [0, 0.1) is 15.5 Å². The Hall–Kier alpha value is -0.880. The average molecular weight is 350 g/mol. The zero-order chi connectivity index (χ0) is 14.8. The second-order valence-corrected chi connectivity index (χ2v) is 6.37. The molecule has 0 bridgehead atoms. The van der Waals surface area contributed by atoms with Crippen molar-refractivity contribution in [1.82, 2.24) is 10.2 Å². The van der Waals surface area contributed by atoms with Crippen molar-refractivity contribution >= 4 is 30.5 Å². The molecule has 0 aliphatic carbocycles. The lowest BCUT2D eigenvalue weighted by molar-refractivity contribution is -0.386. The van der Waals surface area contributed by atoms with Gasteiger partial charge in [0.05, 0.1) is 4.92 Å². The van der Waals surface area contributed by atoms with Crippen LogP contribution in [0.5, 0.6) is 0 Å². The molecule has 1 atom stereocenters. The fourth-order valence-corrected chi connectivity index (χ4v) is 3.04. The van der Waals surface area contributed by atoms with E-state index in [1.165, 1.54) is 0 Å². The molecule has 1 N–H and O–H groups in total. The molecule has 22 heavy (non-hydrogen) atoms. The summed E-state index contributed by atoms with van der Waals surface area (Å²) in [5, 5.41) is 14.6. The molecule has 0 unspecified atom stereocenters. The maximum atomic E-state index is 11.3. The van der Waals surface area contributed by atoms with Crippen LogP contribution in [0.25, 0.3) is 0 Å². The normalized spacial score (nSPS) is 17.0. The van der Waals surface area contributed by atoms with Crippen LogP contribution in [-0.4, -0.2) is 36.0 Å². The van der Waals surface area contributed by atoms with Gasteiger partial charge >= 0.3 is 0 Å². The van der Waals surface area contributed by atoms with E-state index in [1.54, 1.807) is 12.1 Å². The molecule has 1 aromatic rings.